The van der Waals surface area contributed by atoms with Crippen molar-refractivity contribution in [3.63, 3.8) is 0 Å². The normalized spacial score (nSPS) is 19.3. The Hall–Kier alpha value is -1.41. The Morgan fingerprint density at radius 2 is 2.04 bits per heavy atom. The number of rotatable bonds is 3. The molecule has 122 valence electrons. The van der Waals surface area contributed by atoms with Gasteiger partial charge in [0.2, 0.25) is 10.0 Å². The lowest BCUT2D eigenvalue weighted by atomic mass is 10.2. The largest absolute Gasteiger partial charge is 0.480 e. The topological polar surface area (TPSA) is 87.6 Å². The summed E-state index contributed by atoms with van der Waals surface area (Å²) in [6, 6.07) is 3.29. The van der Waals surface area contributed by atoms with Crippen LogP contribution in [0.4, 0.5) is 0 Å². The van der Waals surface area contributed by atoms with Gasteiger partial charge in [-0.3, -0.25) is 4.79 Å². The van der Waals surface area contributed by atoms with Gasteiger partial charge in [0, 0.05) is 23.5 Å². The van der Waals surface area contributed by atoms with Crippen molar-refractivity contribution in [2.75, 3.05) is 6.54 Å². The van der Waals surface area contributed by atoms with Gasteiger partial charge in [-0.25, -0.2) is 13.4 Å². The first kappa shape index (κ1) is 16.4. The van der Waals surface area contributed by atoms with E-state index in [2.05, 4.69) is 4.98 Å². The summed E-state index contributed by atoms with van der Waals surface area (Å²) in [5, 5.41) is 10.7. The second kappa shape index (κ2) is 5.90. The number of carbonyl (C=O) groups is 1. The van der Waals surface area contributed by atoms with Crippen LogP contribution in [-0.4, -0.2) is 41.4 Å². The minimum atomic E-state index is -3.93. The average molecular weight is 375 g/mol. The Kier molecular flexibility index (Phi) is 4.22. The molecule has 1 fully saturated rings. The molecule has 1 aromatic heterocycles. The van der Waals surface area contributed by atoms with Crippen molar-refractivity contribution in [2.45, 2.75) is 23.8 Å². The number of carboxylic acid groups (broad SMARTS) is 1. The number of pyridine rings is 1. The first-order chi connectivity index (χ1) is 10.8. The third-order valence-electron chi connectivity index (χ3n) is 3.86. The Morgan fingerprint density at radius 1 is 1.30 bits per heavy atom. The summed E-state index contributed by atoms with van der Waals surface area (Å²) in [5.41, 5.74) is 0. The highest BCUT2D eigenvalue weighted by atomic mass is 35.5. The van der Waals surface area contributed by atoms with Crippen LogP contribution in [0.1, 0.15) is 12.8 Å². The van der Waals surface area contributed by atoms with E-state index < -0.39 is 22.0 Å². The summed E-state index contributed by atoms with van der Waals surface area (Å²) in [7, 11) is -3.93. The summed E-state index contributed by atoms with van der Waals surface area (Å²) in [6.07, 6.45) is 2.20. The molecule has 1 aromatic carbocycles. The van der Waals surface area contributed by atoms with Gasteiger partial charge in [0.1, 0.15) is 11.2 Å². The molecule has 0 radical (unpaired) electrons. The molecule has 9 heteroatoms. The lowest BCUT2D eigenvalue weighted by molar-refractivity contribution is -0.140. The lowest BCUT2D eigenvalue weighted by Crippen LogP contribution is -2.40. The van der Waals surface area contributed by atoms with Crippen LogP contribution in [0.2, 0.25) is 10.2 Å². The van der Waals surface area contributed by atoms with Gasteiger partial charge in [0.15, 0.2) is 0 Å². The summed E-state index contributed by atoms with van der Waals surface area (Å²) in [4.78, 5) is 15.1. The third kappa shape index (κ3) is 2.78. The number of hydrogen-bond donors (Lipinski definition) is 1. The molecular weight excluding hydrogens is 363 g/mol. The second-order valence-electron chi connectivity index (χ2n) is 5.22. The summed E-state index contributed by atoms with van der Waals surface area (Å²) in [5.74, 6) is -1.14. The summed E-state index contributed by atoms with van der Waals surface area (Å²) < 4.78 is 26.5. The molecule has 0 saturated carbocycles. The van der Waals surface area contributed by atoms with Crippen molar-refractivity contribution < 1.29 is 18.3 Å². The molecule has 2 aromatic rings. The number of aliphatic carboxylic acids is 1. The molecule has 2 heterocycles. The van der Waals surface area contributed by atoms with Crippen LogP contribution in [0.25, 0.3) is 10.8 Å². The number of hydrogen-bond acceptors (Lipinski definition) is 4. The number of sulfonamides is 1. The molecule has 1 saturated heterocycles. The quantitative estimate of drug-likeness (QED) is 0.834. The molecule has 1 aliphatic heterocycles. The van der Waals surface area contributed by atoms with Gasteiger partial charge in [-0.15, -0.1) is 0 Å². The Balaban J connectivity index is 2.12. The highest BCUT2D eigenvalue weighted by Gasteiger charge is 2.39. The van der Waals surface area contributed by atoms with Crippen LogP contribution < -0.4 is 0 Å². The molecule has 0 amide bonds. The van der Waals surface area contributed by atoms with Gasteiger partial charge in [-0.1, -0.05) is 29.3 Å². The Bertz CT molecular complexity index is 901. The summed E-state index contributed by atoms with van der Waals surface area (Å²) >= 11 is 12.0. The maximum Gasteiger partial charge on any atom is 0.322 e. The predicted molar refractivity (Wildman–Crippen MR) is 86.3 cm³/mol. The molecule has 0 bridgehead atoms. The number of nitrogens with zero attached hydrogens (tertiary/aromatic N) is 2. The molecule has 1 aliphatic rings. The monoisotopic (exact) mass is 374 g/mol. The number of aromatic nitrogens is 1. The molecule has 0 unspecified atom stereocenters. The zero-order chi connectivity index (χ0) is 16.8. The fraction of sp³-hybridized carbons (Fsp3) is 0.286. The van der Waals surface area contributed by atoms with Gasteiger partial charge < -0.3 is 5.11 Å². The van der Waals surface area contributed by atoms with E-state index in [1.54, 1.807) is 6.07 Å². The van der Waals surface area contributed by atoms with Crippen molar-refractivity contribution >= 4 is 50.0 Å². The number of carboxylic acids is 1. The van der Waals surface area contributed by atoms with Crippen LogP contribution >= 0.6 is 23.2 Å². The fourth-order valence-corrected chi connectivity index (χ4v) is 4.82. The molecule has 23 heavy (non-hydrogen) atoms. The van der Waals surface area contributed by atoms with Gasteiger partial charge in [0.25, 0.3) is 0 Å². The van der Waals surface area contributed by atoms with E-state index in [-0.39, 0.29) is 16.6 Å². The minimum absolute atomic E-state index is 0.0240. The van der Waals surface area contributed by atoms with Crippen molar-refractivity contribution in [1.82, 2.24) is 9.29 Å². The van der Waals surface area contributed by atoms with Gasteiger partial charge in [0.05, 0.1) is 9.92 Å². The first-order valence-electron chi connectivity index (χ1n) is 6.81. The van der Waals surface area contributed by atoms with E-state index in [1.807, 2.05) is 0 Å². The average Bonchev–Trinajstić information content (AvgIpc) is 3.01. The van der Waals surface area contributed by atoms with Crippen molar-refractivity contribution in [2.24, 2.45) is 0 Å². The molecule has 0 aliphatic carbocycles. The smallest absolute Gasteiger partial charge is 0.322 e. The Morgan fingerprint density at radius 3 is 2.74 bits per heavy atom. The fourth-order valence-electron chi connectivity index (χ4n) is 2.73. The second-order valence-corrected chi connectivity index (χ2v) is 7.87. The maximum atomic E-state index is 12.8. The van der Waals surface area contributed by atoms with Crippen LogP contribution in [0, 0.1) is 0 Å². The van der Waals surface area contributed by atoms with Crippen molar-refractivity contribution in [3.05, 3.63) is 34.6 Å². The maximum absolute atomic E-state index is 12.8. The molecule has 1 N–H and O–H groups in total. The highest BCUT2D eigenvalue weighted by Crippen LogP contribution is 2.32. The van der Waals surface area contributed by atoms with Crippen molar-refractivity contribution in [3.8, 4) is 0 Å². The van der Waals surface area contributed by atoms with E-state index >= 15 is 0 Å². The lowest BCUT2D eigenvalue weighted by Gasteiger charge is -2.21. The van der Waals surface area contributed by atoms with Gasteiger partial charge in [-0.05, 0) is 25.0 Å². The Labute approximate surface area is 142 Å². The van der Waals surface area contributed by atoms with Crippen LogP contribution in [-0.2, 0) is 14.8 Å². The van der Waals surface area contributed by atoms with E-state index in [0.717, 1.165) is 4.31 Å². The molecular formula is C14H12Cl2N2O4S. The molecule has 0 spiro atoms. The van der Waals surface area contributed by atoms with Crippen LogP contribution in [0.5, 0.6) is 0 Å². The van der Waals surface area contributed by atoms with E-state index in [4.69, 9.17) is 23.2 Å². The third-order valence-corrected chi connectivity index (χ3v) is 6.36. The highest BCUT2D eigenvalue weighted by molar-refractivity contribution is 7.89. The predicted octanol–water partition coefficient (Wildman–Crippen LogP) is 2.78. The standard InChI is InChI=1S/C14H12Cl2N2O4S/c15-11-7-17-13(16)10-6-8(3-4-9(10)11)23(21,22)18-5-1-2-12(18)14(19)20/h3-4,6-7,12H,1-2,5H2,(H,19,20)/t12-/m1/s1. The van der Waals surface area contributed by atoms with E-state index in [1.165, 1.54) is 18.3 Å². The number of benzene rings is 1. The SMILES string of the molecule is O=C(O)[C@H]1CCCN1S(=O)(=O)c1ccc2c(Cl)cnc(Cl)c2c1. The zero-order valence-electron chi connectivity index (χ0n) is 11.7. The van der Waals surface area contributed by atoms with Crippen molar-refractivity contribution in [1.29, 1.82) is 0 Å². The number of halogens is 2. The van der Waals surface area contributed by atoms with Gasteiger partial charge >= 0.3 is 5.97 Å². The van der Waals surface area contributed by atoms with Crippen LogP contribution in [0.15, 0.2) is 29.3 Å². The first-order valence-corrected chi connectivity index (χ1v) is 9.00. The van der Waals surface area contributed by atoms with Crippen LogP contribution in [0.3, 0.4) is 0 Å². The molecule has 6 nitrogen and oxygen atoms in total. The zero-order valence-corrected chi connectivity index (χ0v) is 14.1. The molecule has 3 rings (SSSR count). The van der Waals surface area contributed by atoms with E-state index in [0.29, 0.717) is 28.6 Å². The minimum Gasteiger partial charge on any atom is -0.480 e. The van der Waals surface area contributed by atoms with E-state index in [9.17, 15) is 18.3 Å². The van der Waals surface area contributed by atoms with Gasteiger partial charge in [-0.2, -0.15) is 4.31 Å². The number of fused-ring (bicyclic) bond motifs is 1. The summed E-state index contributed by atoms with van der Waals surface area (Å²) in [6.45, 7) is 0.179. The molecule has 1 atom stereocenters.